The van der Waals surface area contributed by atoms with Gasteiger partial charge >= 0.3 is 5.97 Å². The van der Waals surface area contributed by atoms with Gasteiger partial charge in [0.2, 0.25) is 0 Å². The van der Waals surface area contributed by atoms with Crippen molar-refractivity contribution in [3.8, 4) is 11.5 Å². The highest BCUT2D eigenvalue weighted by molar-refractivity contribution is 5.96. The predicted octanol–water partition coefficient (Wildman–Crippen LogP) is 2.65. The molecule has 1 atom stereocenters. The summed E-state index contributed by atoms with van der Waals surface area (Å²) in [5.41, 5.74) is 0.641. The Balaban J connectivity index is 1.96. The maximum Gasteiger partial charge on any atom is 0.326 e. The number of methoxy groups -OCH3 is 2. The summed E-state index contributed by atoms with van der Waals surface area (Å²) < 4.78 is 15.4. The molecule has 1 N–H and O–H groups in total. The first kappa shape index (κ1) is 20.7. The van der Waals surface area contributed by atoms with Crippen molar-refractivity contribution in [2.24, 2.45) is 0 Å². The Morgan fingerprint density at radius 3 is 2.32 bits per heavy atom. The third kappa shape index (κ3) is 5.44. The van der Waals surface area contributed by atoms with Crippen LogP contribution in [0.4, 0.5) is 5.69 Å². The molecule has 0 aromatic heterocycles. The number of nitro benzene ring substituents is 1. The van der Waals surface area contributed by atoms with E-state index in [9.17, 15) is 19.7 Å². The Hall–Kier alpha value is -3.62. The zero-order valence-corrected chi connectivity index (χ0v) is 15.6. The molecule has 0 aliphatic carbocycles. The van der Waals surface area contributed by atoms with Crippen molar-refractivity contribution < 1.29 is 28.7 Å². The molecule has 0 fully saturated rings. The van der Waals surface area contributed by atoms with E-state index in [1.165, 1.54) is 44.6 Å². The molecule has 0 spiro atoms. The van der Waals surface area contributed by atoms with Crippen LogP contribution in [0.3, 0.4) is 0 Å². The van der Waals surface area contributed by atoms with E-state index in [1.54, 1.807) is 19.1 Å². The van der Waals surface area contributed by atoms with E-state index in [2.05, 4.69) is 5.32 Å². The van der Waals surface area contributed by atoms with Crippen LogP contribution in [0, 0.1) is 10.1 Å². The summed E-state index contributed by atoms with van der Waals surface area (Å²) in [7, 11) is 2.92. The molecule has 2 rings (SSSR count). The van der Waals surface area contributed by atoms with Gasteiger partial charge in [0.25, 0.3) is 11.6 Å². The van der Waals surface area contributed by atoms with Crippen molar-refractivity contribution >= 4 is 17.6 Å². The minimum absolute atomic E-state index is 0.0966. The number of rotatable bonds is 8. The number of esters is 1. The predicted molar refractivity (Wildman–Crippen MR) is 99.5 cm³/mol. The van der Waals surface area contributed by atoms with Crippen LogP contribution in [0.15, 0.2) is 42.5 Å². The fourth-order valence-electron chi connectivity index (χ4n) is 2.39. The molecule has 0 saturated heterocycles. The van der Waals surface area contributed by atoms with Gasteiger partial charge in [-0.15, -0.1) is 0 Å². The average molecular weight is 388 g/mol. The summed E-state index contributed by atoms with van der Waals surface area (Å²) in [5.74, 6) is -0.308. The number of nitrogens with one attached hydrogen (secondary N) is 1. The minimum atomic E-state index is -0.707. The summed E-state index contributed by atoms with van der Waals surface area (Å²) in [4.78, 5) is 34.6. The molecule has 9 heteroatoms. The number of non-ortho nitro benzene ring substituents is 1. The number of nitro groups is 1. The molecule has 1 amide bonds. The first-order valence-corrected chi connectivity index (χ1v) is 8.29. The van der Waals surface area contributed by atoms with Gasteiger partial charge in [-0.25, -0.2) is 0 Å². The number of nitrogens with zero attached hydrogens (tertiary/aromatic N) is 1. The quantitative estimate of drug-likeness (QED) is 0.420. The second kappa shape index (κ2) is 9.36. The second-order valence-corrected chi connectivity index (χ2v) is 5.77. The molecule has 28 heavy (non-hydrogen) atoms. The monoisotopic (exact) mass is 388 g/mol. The molecule has 0 heterocycles. The Bertz CT molecular complexity index is 860. The summed E-state index contributed by atoms with van der Waals surface area (Å²) in [5, 5.41) is 13.3. The lowest BCUT2D eigenvalue weighted by Gasteiger charge is -2.14. The minimum Gasteiger partial charge on any atom is -0.497 e. The van der Waals surface area contributed by atoms with E-state index in [1.807, 2.05) is 0 Å². The second-order valence-electron chi connectivity index (χ2n) is 5.77. The Labute approximate surface area is 161 Å². The smallest absolute Gasteiger partial charge is 0.326 e. The van der Waals surface area contributed by atoms with Crippen LogP contribution in [-0.4, -0.2) is 37.6 Å². The lowest BCUT2D eigenvalue weighted by Crippen LogP contribution is -2.31. The van der Waals surface area contributed by atoms with Crippen molar-refractivity contribution in [3.05, 3.63) is 63.7 Å². The van der Waals surface area contributed by atoms with E-state index in [-0.39, 0.29) is 17.8 Å². The normalized spacial score (nSPS) is 11.2. The first-order valence-electron chi connectivity index (χ1n) is 8.29. The topological polar surface area (TPSA) is 117 Å². The van der Waals surface area contributed by atoms with Gasteiger partial charge in [-0.2, -0.15) is 0 Å². The highest BCUT2D eigenvalue weighted by Crippen LogP contribution is 2.23. The van der Waals surface area contributed by atoms with Gasteiger partial charge in [-0.3, -0.25) is 19.7 Å². The molecular formula is C19H20N2O7. The lowest BCUT2D eigenvalue weighted by atomic mass is 10.1. The van der Waals surface area contributed by atoms with E-state index in [4.69, 9.17) is 14.2 Å². The third-order valence-corrected chi connectivity index (χ3v) is 3.87. The molecule has 0 radical (unpaired) electrons. The summed E-state index contributed by atoms with van der Waals surface area (Å²) >= 11 is 0. The van der Waals surface area contributed by atoms with E-state index >= 15 is 0 Å². The van der Waals surface area contributed by atoms with Gasteiger partial charge in [0, 0.05) is 23.8 Å². The van der Waals surface area contributed by atoms with Crippen LogP contribution in [0.2, 0.25) is 0 Å². The Kier molecular flexibility index (Phi) is 6.91. The molecule has 9 nitrogen and oxygen atoms in total. The number of carbonyl (C=O) groups is 2. The fourth-order valence-corrected chi connectivity index (χ4v) is 2.39. The molecule has 0 saturated carbocycles. The van der Waals surface area contributed by atoms with Gasteiger partial charge in [0.15, 0.2) is 0 Å². The van der Waals surface area contributed by atoms with Crippen molar-refractivity contribution in [3.63, 3.8) is 0 Å². The molecule has 148 valence electrons. The van der Waals surface area contributed by atoms with E-state index in [0.717, 1.165) is 0 Å². The van der Waals surface area contributed by atoms with Gasteiger partial charge < -0.3 is 19.5 Å². The van der Waals surface area contributed by atoms with Crippen molar-refractivity contribution in [1.82, 2.24) is 5.32 Å². The van der Waals surface area contributed by atoms with E-state index < -0.39 is 22.9 Å². The van der Waals surface area contributed by atoms with Crippen molar-refractivity contribution in [2.45, 2.75) is 13.0 Å². The van der Waals surface area contributed by atoms with Crippen LogP contribution in [-0.2, 0) is 9.53 Å². The standard InChI is InChI=1S/C19H20N2O7/c1-12(13-5-4-6-15(7-13)21(24)25)28-18(22)11-20-19(23)14-8-16(26-2)10-17(9-14)27-3/h4-10,12H,11H2,1-3H3,(H,20,23)/t12-/m1/s1. The fraction of sp³-hybridized carbons (Fsp3) is 0.263. The molecule has 0 aliphatic rings. The number of ether oxygens (including phenoxy) is 3. The highest BCUT2D eigenvalue weighted by atomic mass is 16.6. The van der Waals surface area contributed by atoms with Crippen LogP contribution >= 0.6 is 0 Å². The van der Waals surface area contributed by atoms with Crippen LogP contribution in [0.1, 0.15) is 28.9 Å². The summed E-state index contributed by atoms with van der Waals surface area (Å²) in [6, 6.07) is 10.4. The molecule has 2 aromatic carbocycles. The average Bonchev–Trinajstić information content (AvgIpc) is 2.71. The Morgan fingerprint density at radius 2 is 1.75 bits per heavy atom. The van der Waals surface area contributed by atoms with Crippen LogP contribution in [0.25, 0.3) is 0 Å². The van der Waals surface area contributed by atoms with Gasteiger partial charge in [0.05, 0.1) is 19.1 Å². The first-order chi connectivity index (χ1) is 13.3. The highest BCUT2D eigenvalue weighted by Gasteiger charge is 2.16. The number of hydrogen-bond donors (Lipinski definition) is 1. The number of hydrogen-bond acceptors (Lipinski definition) is 7. The SMILES string of the molecule is COc1cc(OC)cc(C(=O)NCC(=O)O[C@H](C)c2cccc([N+](=O)[O-])c2)c1. The number of carbonyl (C=O) groups excluding carboxylic acids is 2. The van der Waals surface area contributed by atoms with Crippen molar-refractivity contribution in [1.29, 1.82) is 0 Å². The zero-order valence-electron chi connectivity index (χ0n) is 15.6. The van der Waals surface area contributed by atoms with Crippen LogP contribution in [0.5, 0.6) is 11.5 Å². The maximum absolute atomic E-state index is 12.3. The number of benzene rings is 2. The zero-order chi connectivity index (χ0) is 20.7. The summed E-state index contributed by atoms with van der Waals surface area (Å²) in [6.45, 7) is 1.23. The summed E-state index contributed by atoms with van der Waals surface area (Å²) in [6.07, 6.45) is -0.707. The number of amides is 1. The molecule has 0 aliphatic heterocycles. The van der Waals surface area contributed by atoms with Crippen molar-refractivity contribution in [2.75, 3.05) is 20.8 Å². The lowest BCUT2D eigenvalue weighted by molar-refractivity contribution is -0.385. The third-order valence-electron chi connectivity index (χ3n) is 3.87. The molecule has 0 bridgehead atoms. The maximum atomic E-state index is 12.3. The van der Waals surface area contributed by atoms with Gasteiger partial charge in [0.1, 0.15) is 24.1 Å². The van der Waals surface area contributed by atoms with Gasteiger partial charge in [-0.1, -0.05) is 12.1 Å². The molecular weight excluding hydrogens is 368 g/mol. The largest absolute Gasteiger partial charge is 0.497 e. The molecule has 0 unspecified atom stereocenters. The van der Waals surface area contributed by atoms with E-state index in [0.29, 0.717) is 17.1 Å². The Morgan fingerprint density at radius 1 is 1.11 bits per heavy atom. The molecule has 2 aromatic rings. The van der Waals surface area contributed by atoms with Crippen LogP contribution < -0.4 is 14.8 Å². The van der Waals surface area contributed by atoms with Gasteiger partial charge in [-0.05, 0) is 24.6 Å².